The van der Waals surface area contributed by atoms with Crippen molar-refractivity contribution >= 4 is 0 Å². The van der Waals surface area contributed by atoms with Crippen LogP contribution in [0.1, 0.15) is 31.7 Å². The molecule has 1 heterocycles. The lowest BCUT2D eigenvalue weighted by molar-refractivity contribution is 0.486. The van der Waals surface area contributed by atoms with Gasteiger partial charge in [-0.05, 0) is 18.4 Å². The third kappa shape index (κ3) is 3.35. The Bertz CT molecular complexity index is 281. The zero-order chi connectivity index (χ0) is 10.5. The van der Waals surface area contributed by atoms with Crippen LogP contribution in [-0.2, 0) is 6.42 Å². The third-order valence-corrected chi connectivity index (χ3v) is 3.25. The smallest absolute Gasteiger partial charge is 0.0224 e. The molecule has 2 atom stereocenters. The van der Waals surface area contributed by atoms with Crippen LogP contribution in [-0.4, -0.2) is 24.0 Å². The number of rotatable bonds is 6. The predicted octanol–water partition coefficient (Wildman–Crippen LogP) is 3.10. The van der Waals surface area contributed by atoms with Gasteiger partial charge >= 0.3 is 0 Å². The first-order valence-electron chi connectivity index (χ1n) is 6.18. The third-order valence-electron chi connectivity index (χ3n) is 3.25. The van der Waals surface area contributed by atoms with E-state index in [4.69, 9.17) is 0 Å². The van der Waals surface area contributed by atoms with E-state index < -0.39 is 0 Å². The monoisotopic (exact) mass is 203 g/mol. The van der Waals surface area contributed by atoms with E-state index in [1.807, 2.05) is 0 Å². The first-order chi connectivity index (χ1) is 7.40. The van der Waals surface area contributed by atoms with Gasteiger partial charge in [0.1, 0.15) is 0 Å². The summed E-state index contributed by atoms with van der Waals surface area (Å²) in [5.74, 6) is 0. The van der Waals surface area contributed by atoms with Crippen LogP contribution in [0.3, 0.4) is 0 Å². The lowest BCUT2D eigenvalue weighted by Gasteiger charge is -2.03. The topological polar surface area (TPSA) is 3.01 Å². The van der Waals surface area contributed by atoms with Crippen LogP contribution in [0, 0.1) is 0 Å². The molecule has 1 aliphatic heterocycles. The van der Waals surface area contributed by atoms with E-state index in [-0.39, 0.29) is 0 Å². The van der Waals surface area contributed by atoms with E-state index in [0.717, 1.165) is 6.04 Å². The molecule has 1 saturated heterocycles. The highest BCUT2D eigenvalue weighted by Crippen LogP contribution is 2.22. The maximum atomic E-state index is 2.60. The molecule has 0 bridgehead atoms. The Morgan fingerprint density at radius 3 is 2.80 bits per heavy atom. The van der Waals surface area contributed by atoms with E-state index in [2.05, 4.69) is 42.2 Å². The fourth-order valence-electron chi connectivity index (χ4n) is 2.13. The molecule has 15 heavy (non-hydrogen) atoms. The van der Waals surface area contributed by atoms with Gasteiger partial charge in [0.05, 0.1) is 0 Å². The van der Waals surface area contributed by atoms with Gasteiger partial charge in [-0.15, -0.1) is 0 Å². The molecule has 2 unspecified atom stereocenters. The highest BCUT2D eigenvalue weighted by molar-refractivity contribution is 5.15. The Kier molecular flexibility index (Phi) is 3.79. The molecule has 0 aromatic heterocycles. The molecular weight excluding hydrogens is 182 g/mol. The molecule has 0 radical (unpaired) electrons. The summed E-state index contributed by atoms with van der Waals surface area (Å²) in [6.45, 7) is 4.86. The highest BCUT2D eigenvalue weighted by Gasteiger charge is 2.31. The molecule has 1 heteroatoms. The van der Waals surface area contributed by atoms with Crippen molar-refractivity contribution in [3.05, 3.63) is 35.9 Å². The van der Waals surface area contributed by atoms with Crippen LogP contribution in [0.2, 0.25) is 0 Å². The second kappa shape index (κ2) is 5.32. The summed E-state index contributed by atoms with van der Waals surface area (Å²) in [6, 6.07) is 11.7. The first-order valence-corrected chi connectivity index (χ1v) is 6.18. The maximum absolute atomic E-state index is 2.60. The van der Waals surface area contributed by atoms with Crippen molar-refractivity contribution < 1.29 is 0 Å². The predicted molar refractivity (Wildman–Crippen MR) is 65.0 cm³/mol. The molecule has 1 fully saturated rings. The van der Waals surface area contributed by atoms with Crippen LogP contribution < -0.4 is 0 Å². The van der Waals surface area contributed by atoms with Crippen LogP contribution in [0.15, 0.2) is 30.3 Å². The number of hydrogen-bond donors (Lipinski definition) is 0. The van der Waals surface area contributed by atoms with Crippen LogP contribution in [0.4, 0.5) is 0 Å². The van der Waals surface area contributed by atoms with Crippen molar-refractivity contribution in [1.29, 1.82) is 0 Å². The second-order valence-corrected chi connectivity index (χ2v) is 4.53. The standard InChI is InChI=1S/C14H21N/c1-2-3-9-14-12-15(14)11-10-13-7-5-4-6-8-13/h4-8,14H,2-3,9-12H2,1H3. The first kappa shape index (κ1) is 10.7. The van der Waals surface area contributed by atoms with Gasteiger partial charge in [0.2, 0.25) is 0 Å². The average molecular weight is 203 g/mol. The molecule has 1 aromatic rings. The molecule has 1 aliphatic rings. The molecule has 1 nitrogen and oxygen atoms in total. The molecule has 0 N–H and O–H groups in total. The van der Waals surface area contributed by atoms with Gasteiger partial charge in [-0.2, -0.15) is 0 Å². The summed E-state index contributed by atoms with van der Waals surface area (Å²) >= 11 is 0. The average Bonchev–Trinajstić information content (AvgIpc) is 3.04. The van der Waals surface area contributed by atoms with E-state index >= 15 is 0 Å². The van der Waals surface area contributed by atoms with Gasteiger partial charge in [-0.3, -0.25) is 4.90 Å². The SMILES string of the molecule is CCCCC1CN1CCc1ccccc1. The van der Waals surface area contributed by atoms with E-state index in [1.54, 1.807) is 0 Å². The minimum Gasteiger partial charge on any atom is -0.297 e. The quantitative estimate of drug-likeness (QED) is 0.642. The zero-order valence-corrected chi connectivity index (χ0v) is 9.65. The minimum atomic E-state index is 0.911. The lowest BCUT2D eigenvalue weighted by Crippen LogP contribution is -2.06. The molecule has 82 valence electrons. The molecule has 0 aliphatic carbocycles. The number of benzene rings is 1. The highest BCUT2D eigenvalue weighted by atomic mass is 15.3. The molecule has 0 spiro atoms. The van der Waals surface area contributed by atoms with Gasteiger partial charge in [-0.25, -0.2) is 0 Å². The summed E-state index contributed by atoms with van der Waals surface area (Å²) in [6.07, 6.45) is 5.35. The van der Waals surface area contributed by atoms with E-state index in [9.17, 15) is 0 Å². The van der Waals surface area contributed by atoms with Gasteiger partial charge < -0.3 is 0 Å². The summed E-state index contributed by atoms with van der Waals surface area (Å²) in [5.41, 5.74) is 1.47. The van der Waals surface area contributed by atoms with Gasteiger partial charge in [0, 0.05) is 19.1 Å². The number of hydrogen-bond acceptors (Lipinski definition) is 1. The number of nitrogens with zero attached hydrogens (tertiary/aromatic N) is 1. The summed E-state index contributed by atoms with van der Waals surface area (Å²) in [5, 5.41) is 0. The van der Waals surface area contributed by atoms with Crippen LogP contribution in [0.25, 0.3) is 0 Å². The van der Waals surface area contributed by atoms with Crippen molar-refractivity contribution in [2.24, 2.45) is 0 Å². The fourth-order valence-corrected chi connectivity index (χ4v) is 2.13. The normalized spacial score (nSPS) is 24.1. The fraction of sp³-hybridized carbons (Fsp3) is 0.571. The summed E-state index contributed by atoms with van der Waals surface area (Å²) < 4.78 is 0. The van der Waals surface area contributed by atoms with Crippen LogP contribution in [0.5, 0.6) is 0 Å². The Balaban J connectivity index is 1.64. The maximum Gasteiger partial charge on any atom is 0.0224 e. The Morgan fingerprint density at radius 1 is 1.27 bits per heavy atom. The van der Waals surface area contributed by atoms with E-state index in [1.165, 1.54) is 44.3 Å². The zero-order valence-electron chi connectivity index (χ0n) is 9.65. The van der Waals surface area contributed by atoms with Crippen molar-refractivity contribution in [2.45, 2.75) is 38.6 Å². The summed E-state index contributed by atoms with van der Waals surface area (Å²) in [7, 11) is 0. The van der Waals surface area contributed by atoms with Gasteiger partial charge in [-0.1, -0.05) is 50.1 Å². The largest absolute Gasteiger partial charge is 0.297 e. The molecule has 0 saturated carbocycles. The molecule has 1 aromatic carbocycles. The Hall–Kier alpha value is -0.820. The van der Waals surface area contributed by atoms with Crippen molar-refractivity contribution in [3.63, 3.8) is 0 Å². The lowest BCUT2D eigenvalue weighted by atomic mass is 10.1. The van der Waals surface area contributed by atoms with Gasteiger partial charge in [0.15, 0.2) is 0 Å². The van der Waals surface area contributed by atoms with Crippen molar-refractivity contribution in [1.82, 2.24) is 4.90 Å². The van der Waals surface area contributed by atoms with Crippen molar-refractivity contribution in [2.75, 3.05) is 13.1 Å². The Morgan fingerprint density at radius 2 is 2.07 bits per heavy atom. The van der Waals surface area contributed by atoms with Crippen molar-refractivity contribution in [3.8, 4) is 0 Å². The van der Waals surface area contributed by atoms with Gasteiger partial charge in [0.25, 0.3) is 0 Å². The number of unbranched alkanes of at least 4 members (excludes halogenated alkanes) is 1. The minimum absolute atomic E-state index is 0.911. The summed E-state index contributed by atoms with van der Waals surface area (Å²) in [4.78, 5) is 2.60. The van der Waals surface area contributed by atoms with E-state index in [0.29, 0.717) is 0 Å². The molecule has 2 rings (SSSR count). The van der Waals surface area contributed by atoms with Crippen LogP contribution >= 0.6 is 0 Å². The molecule has 0 amide bonds. The molecular formula is C14H21N. The second-order valence-electron chi connectivity index (χ2n) is 4.53. The Labute approximate surface area is 93.1 Å².